The van der Waals surface area contributed by atoms with E-state index in [1.54, 1.807) is 27.7 Å². The molecule has 0 radical (unpaired) electrons. The molecular formula is C27H31ClF3N7O5. The minimum absolute atomic E-state index is 0.0265. The molecule has 16 heteroatoms. The van der Waals surface area contributed by atoms with Gasteiger partial charge in [-0.25, -0.2) is 19.1 Å². The van der Waals surface area contributed by atoms with Crippen LogP contribution in [0.25, 0.3) is 5.65 Å². The van der Waals surface area contributed by atoms with E-state index in [-0.39, 0.29) is 40.4 Å². The number of carbonyl (C=O) groups excluding carboxylic acids is 2. The maximum atomic E-state index is 14.4. The number of anilines is 2. The number of hydrogen-bond donors (Lipinski definition) is 1. The van der Waals surface area contributed by atoms with Crippen molar-refractivity contribution in [2.75, 3.05) is 37.0 Å². The van der Waals surface area contributed by atoms with Crippen LogP contribution in [0.4, 0.5) is 34.3 Å². The number of rotatable bonds is 4. The lowest BCUT2D eigenvalue weighted by molar-refractivity contribution is -0.181. The highest BCUT2D eigenvalue weighted by atomic mass is 35.5. The molecule has 0 saturated carbocycles. The van der Waals surface area contributed by atoms with E-state index in [1.165, 1.54) is 30.3 Å². The molecule has 232 valence electrons. The van der Waals surface area contributed by atoms with E-state index in [9.17, 15) is 22.8 Å². The fourth-order valence-electron chi connectivity index (χ4n) is 5.17. The van der Waals surface area contributed by atoms with Gasteiger partial charge in [-0.2, -0.15) is 23.3 Å². The summed E-state index contributed by atoms with van der Waals surface area (Å²) in [6.45, 7) is 7.97. The number of halogens is 4. The Labute approximate surface area is 250 Å². The molecule has 3 amide bonds. The quantitative estimate of drug-likeness (QED) is 0.411. The molecule has 2 aliphatic rings. The molecule has 1 saturated heterocycles. The number of fused-ring (bicyclic) bond motifs is 3. The van der Waals surface area contributed by atoms with Crippen LogP contribution >= 0.6 is 11.6 Å². The second kappa shape index (κ2) is 10.6. The van der Waals surface area contributed by atoms with E-state index in [1.807, 2.05) is 0 Å². The smallest absolute Gasteiger partial charge is 0.410 e. The van der Waals surface area contributed by atoms with Crippen LogP contribution in [0.3, 0.4) is 0 Å². The zero-order valence-electron chi connectivity index (χ0n) is 24.4. The fourth-order valence-corrected chi connectivity index (χ4v) is 5.34. The van der Waals surface area contributed by atoms with E-state index in [0.717, 1.165) is 16.3 Å². The fraction of sp³-hybridized carbons (Fsp3) is 0.519. The third-order valence-electron chi connectivity index (χ3n) is 7.23. The lowest BCUT2D eigenvalue weighted by atomic mass is 9.88. The van der Waals surface area contributed by atoms with Crippen LogP contribution in [0.15, 0.2) is 18.3 Å². The zero-order chi connectivity index (χ0) is 31.5. The minimum atomic E-state index is -4.73. The number of ether oxygens (including phenoxy) is 3. The number of nitrogens with one attached hydrogen (secondary N) is 1. The molecular weight excluding hydrogens is 595 g/mol. The number of methoxy groups -OCH3 is 1. The number of carbonyl (C=O) groups is 2. The van der Waals surface area contributed by atoms with E-state index in [2.05, 4.69) is 20.4 Å². The van der Waals surface area contributed by atoms with Gasteiger partial charge in [0, 0.05) is 31.1 Å². The maximum absolute atomic E-state index is 14.4. The lowest BCUT2D eigenvalue weighted by Gasteiger charge is -2.28. The molecule has 1 fully saturated rings. The van der Waals surface area contributed by atoms with Gasteiger partial charge in [0.25, 0.3) is 5.88 Å². The van der Waals surface area contributed by atoms with Gasteiger partial charge < -0.3 is 19.1 Å². The standard InChI is InChI=1S/C27H31ClF3N7O5/c1-14-9-18(33-22(20(14)41-6)42-15-7-8-36(12-15)24(40)43-25(2,3)4)34-23(39)37-13-26(5,27(29,30)31)21-16(37)11-32-19-10-17(28)35-38(19)21/h9-11,15H,7-8,12-13H2,1-6H3,(H,33,34,39)/t15?,26-/m1/s1. The van der Waals surface area contributed by atoms with Crippen molar-refractivity contribution >= 4 is 40.9 Å². The summed E-state index contributed by atoms with van der Waals surface area (Å²) in [5.74, 6) is 0.399. The lowest BCUT2D eigenvalue weighted by Crippen LogP contribution is -2.46. The molecule has 0 spiro atoms. The largest absolute Gasteiger partial charge is 0.491 e. The zero-order valence-corrected chi connectivity index (χ0v) is 25.1. The van der Waals surface area contributed by atoms with Gasteiger partial charge in [-0.05, 0) is 40.7 Å². The summed E-state index contributed by atoms with van der Waals surface area (Å²) < 4.78 is 61.3. The Morgan fingerprint density at radius 3 is 2.58 bits per heavy atom. The number of likely N-dealkylation sites (tertiary alicyclic amines) is 1. The van der Waals surface area contributed by atoms with Crippen molar-refractivity contribution in [3.8, 4) is 11.6 Å². The molecule has 2 aliphatic heterocycles. The highest BCUT2D eigenvalue weighted by Crippen LogP contribution is 2.50. The van der Waals surface area contributed by atoms with Crippen LogP contribution < -0.4 is 19.7 Å². The Balaban J connectivity index is 1.39. The van der Waals surface area contributed by atoms with Gasteiger partial charge in [-0.1, -0.05) is 11.6 Å². The summed E-state index contributed by atoms with van der Waals surface area (Å²) >= 11 is 5.96. The average molecular weight is 626 g/mol. The normalized spacial score (nSPS) is 20.4. The molecule has 12 nitrogen and oxygen atoms in total. The van der Waals surface area contributed by atoms with E-state index < -0.39 is 42.0 Å². The first-order valence-corrected chi connectivity index (χ1v) is 13.8. The summed E-state index contributed by atoms with van der Waals surface area (Å²) in [7, 11) is 1.44. The molecule has 5 rings (SSSR count). The van der Waals surface area contributed by atoms with Gasteiger partial charge in [0.15, 0.2) is 16.5 Å². The first-order valence-electron chi connectivity index (χ1n) is 13.4. The van der Waals surface area contributed by atoms with Crippen LogP contribution in [-0.4, -0.2) is 81.2 Å². The number of pyridine rings is 1. The Morgan fingerprint density at radius 1 is 1.21 bits per heavy atom. The third kappa shape index (κ3) is 5.69. The highest BCUT2D eigenvalue weighted by molar-refractivity contribution is 6.29. The van der Waals surface area contributed by atoms with Gasteiger partial charge in [0.2, 0.25) is 0 Å². The van der Waals surface area contributed by atoms with Crippen molar-refractivity contribution in [3.05, 3.63) is 34.7 Å². The molecule has 0 bridgehead atoms. The monoisotopic (exact) mass is 625 g/mol. The molecule has 3 aromatic heterocycles. The number of alkyl halides is 3. The van der Waals surface area contributed by atoms with Crippen LogP contribution in [0.2, 0.25) is 5.15 Å². The topological polar surface area (TPSA) is 123 Å². The predicted octanol–water partition coefficient (Wildman–Crippen LogP) is 5.36. The molecule has 5 heterocycles. The first-order chi connectivity index (χ1) is 20.0. The van der Waals surface area contributed by atoms with E-state index >= 15 is 0 Å². The first kappa shape index (κ1) is 30.4. The number of aryl methyl sites for hydroxylation is 1. The minimum Gasteiger partial charge on any atom is -0.491 e. The number of hydrogen-bond acceptors (Lipinski definition) is 8. The number of nitrogens with zero attached hydrogens (tertiary/aromatic N) is 6. The molecule has 1 N–H and O–H groups in total. The van der Waals surface area contributed by atoms with Crippen molar-refractivity contribution in [1.29, 1.82) is 0 Å². The predicted molar refractivity (Wildman–Crippen MR) is 150 cm³/mol. The van der Waals surface area contributed by atoms with Gasteiger partial charge in [0.05, 0.1) is 31.2 Å². The van der Waals surface area contributed by atoms with Crippen LogP contribution in [-0.2, 0) is 10.2 Å². The number of aromatic nitrogens is 4. The summed E-state index contributed by atoms with van der Waals surface area (Å²) in [6, 6.07) is 1.98. The Kier molecular flexibility index (Phi) is 7.51. The summed E-state index contributed by atoms with van der Waals surface area (Å²) in [5.41, 5.74) is -2.76. The Bertz CT molecular complexity index is 1590. The van der Waals surface area contributed by atoms with E-state index in [0.29, 0.717) is 24.3 Å². The van der Waals surface area contributed by atoms with Crippen LogP contribution in [0.5, 0.6) is 11.6 Å². The Hall–Kier alpha value is -4.01. The van der Waals surface area contributed by atoms with Crippen molar-refractivity contribution in [2.45, 2.75) is 64.3 Å². The Morgan fingerprint density at radius 2 is 1.93 bits per heavy atom. The van der Waals surface area contributed by atoms with Gasteiger partial charge in [0.1, 0.15) is 22.9 Å². The molecule has 1 unspecified atom stereocenters. The van der Waals surface area contributed by atoms with Gasteiger partial charge in [-0.3, -0.25) is 10.2 Å². The van der Waals surface area contributed by atoms with Crippen molar-refractivity contribution < 1.29 is 37.0 Å². The van der Waals surface area contributed by atoms with Crippen LogP contribution in [0, 0.1) is 6.92 Å². The summed E-state index contributed by atoms with van der Waals surface area (Å²) in [5, 5.41) is 6.53. The van der Waals surface area contributed by atoms with Crippen molar-refractivity contribution in [1.82, 2.24) is 24.5 Å². The summed E-state index contributed by atoms with van der Waals surface area (Å²) in [4.78, 5) is 37.0. The third-order valence-corrected chi connectivity index (χ3v) is 7.42. The summed E-state index contributed by atoms with van der Waals surface area (Å²) in [6.07, 6.45) is -3.94. The molecule has 0 aromatic carbocycles. The van der Waals surface area contributed by atoms with Crippen molar-refractivity contribution in [3.63, 3.8) is 0 Å². The van der Waals surface area contributed by atoms with Crippen molar-refractivity contribution in [2.24, 2.45) is 0 Å². The second-order valence-electron chi connectivity index (χ2n) is 11.7. The molecule has 0 aliphatic carbocycles. The van der Waals surface area contributed by atoms with Gasteiger partial charge >= 0.3 is 18.3 Å². The number of urea groups is 1. The maximum Gasteiger partial charge on any atom is 0.410 e. The highest BCUT2D eigenvalue weighted by Gasteiger charge is 2.60. The van der Waals surface area contributed by atoms with Crippen LogP contribution in [0.1, 0.15) is 45.4 Å². The van der Waals surface area contributed by atoms with Gasteiger partial charge in [-0.15, -0.1) is 0 Å². The second-order valence-corrected chi connectivity index (χ2v) is 12.1. The number of amides is 3. The molecule has 43 heavy (non-hydrogen) atoms. The van der Waals surface area contributed by atoms with E-state index in [4.69, 9.17) is 25.8 Å². The average Bonchev–Trinajstić information content (AvgIpc) is 3.58. The SMILES string of the molecule is COc1c(C)cc(NC(=O)N2C[C@@](C)(C(F)(F)F)c3c2cnc2cc(Cl)nn32)nc1OC1CCN(C(=O)OC(C)(C)C)C1. The molecule has 3 aromatic rings. The molecule has 2 atom stereocenters.